The minimum Gasteiger partial charge on any atom is -0.314 e. The van der Waals surface area contributed by atoms with Gasteiger partial charge in [-0.05, 0) is 43.4 Å². The Morgan fingerprint density at radius 1 is 1.15 bits per heavy atom. The van der Waals surface area contributed by atoms with Gasteiger partial charge in [-0.3, -0.25) is 0 Å². The van der Waals surface area contributed by atoms with Gasteiger partial charge in [-0.15, -0.1) is 0 Å². The smallest absolute Gasteiger partial charge is 0.314 e. The highest BCUT2D eigenvalue weighted by atomic mass is 19.4. The van der Waals surface area contributed by atoms with Crippen molar-refractivity contribution in [3.63, 3.8) is 0 Å². The van der Waals surface area contributed by atoms with Crippen molar-refractivity contribution in [3.05, 3.63) is 35.4 Å². The molecule has 1 unspecified atom stereocenters. The number of benzene rings is 1. The first kappa shape index (κ1) is 17.0. The van der Waals surface area contributed by atoms with E-state index in [4.69, 9.17) is 0 Å². The normalized spacial score (nSPS) is 13.8. The number of hydrogen-bond donors (Lipinski definition) is 1. The van der Waals surface area contributed by atoms with E-state index in [1.807, 2.05) is 0 Å². The Labute approximate surface area is 119 Å². The van der Waals surface area contributed by atoms with E-state index in [1.54, 1.807) is 12.1 Å². The molecule has 0 saturated heterocycles. The standard InChI is InChI=1S/C16H24F3N/c1-4-11-20-15(12(2)3)10-9-13-7-5-6-8-14(13)16(17,18)19/h5-8,12,15,20H,4,9-11H2,1-3H3. The van der Waals surface area contributed by atoms with Crippen molar-refractivity contribution < 1.29 is 13.2 Å². The van der Waals surface area contributed by atoms with Crippen LogP contribution in [0, 0.1) is 5.92 Å². The molecule has 1 aromatic rings. The van der Waals surface area contributed by atoms with Crippen LogP contribution in [0.15, 0.2) is 24.3 Å². The fourth-order valence-electron chi connectivity index (χ4n) is 2.33. The zero-order chi connectivity index (χ0) is 15.2. The highest BCUT2D eigenvalue weighted by Gasteiger charge is 2.32. The lowest BCUT2D eigenvalue weighted by Gasteiger charge is -2.23. The van der Waals surface area contributed by atoms with E-state index in [0.717, 1.165) is 19.4 Å². The lowest BCUT2D eigenvalue weighted by Crippen LogP contribution is -2.34. The van der Waals surface area contributed by atoms with Gasteiger partial charge in [-0.2, -0.15) is 13.2 Å². The van der Waals surface area contributed by atoms with Crippen LogP contribution >= 0.6 is 0 Å². The van der Waals surface area contributed by atoms with E-state index < -0.39 is 11.7 Å². The lowest BCUT2D eigenvalue weighted by atomic mass is 9.94. The lowest BCUT2D eigenvalue weighted by molar-refractivity contribution is -0.138. The Morgan fingerprint density at radius 2 is 1.80 bits per heavy atom. The van der Waals surface area contributed by atoms with Crippen LogP contribution in [0.5, 0.6) is 0 Å². The molecule has 20 heavy (non-hydrogen) atoms. The number of hydrogen-bond acceptors (Lipinski definition) is 1. The summed E-state index contributed by atoms with van der Waals surface area (Å²) in [6, 6.07) is 6.13. The first-order valence-electron chi connectivity index (χ1n) is 7.24. The van der Waals surface area contributed by atoms with Crippen LogP contribution in [0.25, 0.3) is 0 Å². The molecule has 0 amide bonds. The van der Waals surface area contributed by atoms with Crippen molar-refractivity contribution in [2.24, 2.45) is 5.92 Å². The molecule has 0 radical (unpaired) electrons. The van der Waals surface area contributed by atoms with Crippen molar-refractivity contribution in [2.75, 3.05) is 6.54 Å². The first-order valence-corrected chi connectivity index (χ1v) is 7.24. The Hall–Kier alpha value is -1.03. The van der Waals surface area contributed by atoms with Gasteiger partial charge in [0.25, 0.3) is 0 Å². The monoisotopic (exact) mass is 287 g/mol. The summed E-state index contributed by atoms with van der Waals surface area (Å²) < 4.78 is 38.8. The van der Waals surface area contributed by atoms with Gasteiger partial charge >= 0.3 is 6.18 Å². The summed E-state index contributed by atoms with van der Waals surface area (Å²) in [5.74, 6) is 0.416. The fourth-order valence-corrected chi connectivity index (χ4v) is 2.33. The summed E-state index contributed by atoms with van der Waals surface area (Å²) in [6.07, 6.45) is -2.05. The Balaban J connectivity index is 2.73. The largest absolute Gasteiger partial charge is 0.416 e. The minimum absolute atomic E-state index is 0.260. The van der Waals surface area contributed by atoms with E-state index in [-0.39, 0.29) is 6.04 Å². The summed E-state index contributed by atoms with van der Waals surface area (Å²) in [6.45, 7) is 7.19. The second-order valence-electron chi connectivity index (χ2n) is 5.50. The van der Waals surface area contributed by atoms with Gasteiger partial charge in [0.2, 0.25) is 0 Å². The third-order valence-electron chi connectivity index (χ3n) is 3.51. The van der Waals surface area contributed by atoms with Gasteiger partial charge in [0, 0.05) is 6.04 Å². The van der Waals surface area contributed by atoms with E-state index in [1.165, 1.54) is 12.1 Å². The Bertz CT molecular complexity index is 399. The van der Waals surface area contributed by atoms with Crippen LogP contribution in [0.2, 0.25) is 0 Å². The molecule has 0 saturated carbocycles. The second kappa shape index (κ2) is 7.67. The topological polar surface area (TPSA) is 12.0 Å². The molecule has 4 heteroatoms. The number of alkyl halides is 3. The molecule has 114 valence electrons. The van der Waals surface area contributed by atoms with Crippen LogP contribution in [0.1, 0.15) is 44.7 Å². The highest BCUT2D eigenvalue weighted by Crippen LogP contribution is 2.32. The summed E-state index contributed by atoms with van der Waals surface area (Å²) >= 11 is 0. The van der Waals surface area contributed by atoms with Crippen molar-refractivity contribution in [3.8, 4) is 0 Å². The van der Waals surface area contributed by atoms with Gasteiger partial charge in [0.15, 0.2) is 0 Å². The van der Waals surface area contributed by atoms with Crippen molar-refractivity contribution in [2.45, 2.75) is 52.3 Å². The molecule has 1 aromatic carbocycles. The second-order valence-corrected chi connectivity index (χ2v) is 5.50. The van der Waals surface area contributed by atoms with Crippen LogP contribution in [-0.4, -0.2) is 12.6 Å². The van der Waals surface area contributed by atoms with Crippen molar-refractivity contribution in [1.29, 1.82) is 0 Å². The average molecular weight is 287 g/mol. The molecular weight excluding hydrogens is 263 g/mol. The summed E-state index contributed by atoms with van der Waals surface area (Å²) in [4.78, 5) is 0. The zero-order valence-corrected chi connectivity index (χ0v) is 12.4. The zero-order valence-electron chi connectivity index (χ0n) is 12.4. The molecule has 1 N–H and O–H groups in total. The highest BCUT2D eigenvalue weighted by molar-refractivity contribution is 5.29. The number of aryl methyl sites for hydroxylation is 1. The van der Waals surface area contributed by atoms with Gasteiger partial charge in [-0.1, -0.05) is 39.0 Å². The minimum atomic E-state index is -4.26. The molecule has 0 aromatic heterocycles. The van der Waals surface area contributed by atoms with E-state index in [0.29, 0.717) is 17.9 Å². The van der Waals surface area contributed by atoms with Crippen LogP contribution in [0.3, 0.4) is 0 Å². The Kier molecular flexibility index (Phi) is 6.53. The molecule has 0 aliphatic heterocycles. The maximum atomic E-state index is 12.9. The van der Waals surface area contributed by atoms with E-state index in [2.05, 4.69) is 26.1 Å². The van der Waals surface area contributed by atoms with Crippen molar-refractivity contribution in [1.82, 2.24) is 5.32 Å². The third-order valence-corrected chi connectivity index (χ3v) is 3.51. The molecule has 0 fully saturated rings. The summed E-state index contributed by atoms with van der Waals surface area (Å²) in [7, 11) is 0. The predicted molar refractivity (Wildman–Crippen MR) is 76.7 cm³/mol. The summed E-state index contributed by atoms with van der Waals surface area (Å²) in [5.41, 5.74) is -0.109. The molecule has 1 atom stereocenters. The fraction of sp³-hybridized carbons (Fsp3) is 0.625. The van der Waals surface area contributed by atoms with Crippen LogP contribution < -0.4 is 5.32 Å². The average Bonchev–Trinajstić information content (AvgIpc) is 2.37. The quantitative estimate of drug-likeness (QED) is 0.769. The molecule has 0 bridgehead atoms. The third kappa shape index (κ3) is 5.16. The Morgan fingerprint density at radius 3 is 2.35 bits per heavy atom. The van der Waals surface area contributed by atoms with Crippen LogP contribution in [0.4, 0.5) is 13.2 Å². The van der Waals surface area contributed by atoms with E-state index in [9.17, 15) is 13.2 Å². The molecule has 0 aliphatic rings. The SMILES string of the molecule is CCCNC(CCc1ccccc1C(F)(F)F)C(C)C. The predicted octanol–water partition coefficient (Wildman–Crippen LogP) is 4.66. The maximum absolute atomic E-state index is 12.9. The van der Waals surface area contributed by atoms with Crippen LogP contribution in [-0.2, 0) is 12.6 Å². The summed E-state index contributed by atoms with van der Waals surface area (Å²) in [5, 5.41) is 3.42. The molecule has 1 rings (SSSR count). The van der Waals surface area contributed by atoms with Gasteiger partial charge < -0.3 is 5.32 Å². The number of halogens is 3. The van der Waals surface area contributed by atoms with Gasteiger partial charge in [-0.25, -0.2) is 0 Å². The molecule has 1 nitrogen and oxygen atoms in total. The molecule has 0 aliphatic carbocycles. The first-order chi connectivity index (χ1) is 9.36. The molecule has 0 heterocycles. The molecule has 0 spiro atoms. The number of nitrogens with one attached hydrogen (secondary N) is 1. The maximum Gasteiger partial charge on any atom is 0.416 e. The van der Waals surface area contributed by atoms with Gasteiger partial charge in [0.05, 0.1) is 5.56 Å². The van der Waals surface area contributed by atoms with E-state index >= 15 is 0 Å². The number of rotatable bonds is 7. The van der Waals surface area contributed by atoms with Crippen molar-refractivity contribution >= 4 is 0 Å². The molecular formula is C16H24F3N. The van der Waals surface area contributed by atoms with Gasteiger partial charge in [0.1, 0.15) is 0 Å².